The van der Waals surface area contributed by atoms with E-state index in [9.17, 15) is 9.18 Å². The number of thiazole rings is 1. The molecule has 0 radical (unpaired) electrons. The van der Waals surface area contributed by atoms with Crippen LogP contribution in [0.2, 0.25) is 0 Å². The summed E-state index contributed by atoms with van der Waals surface area (Å²) in [6, 6.07) is 10.4. The van der Waals surface area contributed by atoms with E-state index in [2.05, 4.69) is 4.98 Å². The topological polar surface area (TPSA) is 33.2 Å². The number of carbonyl (C=O) groups is 1. The molecule has 6 heteroatoms. The van der Waals surface area contributed by atoms with Crippen molar-refractivity contribution in [2.24, 2.45) is 0 Å². The minimum atomic E-state index is -0.281. The molecule has 0 fully saturated rings. The van der Waals surface area contributed by atoms with Gasteiger partial charge >= 0.3 is 0 Å². The Kier molecular flexibility index (Phi) is 5.37. The molecule has 0 aliphatic heterocycles. The number of amides is 1. The van der Waals surface area contributed by atoms with Gasteiger partial charge in [-0.15, -0.1) is 22.7 Å². The first-order chi connectivity index (χ1) is 11.7. The first-order valence-electron chi connectivity index (χ1n) is 7.66. The van der Waals surface area contributed by atoms with Crippen LogP contribution in [0, 0.1) is 5.82 Å². The molecule has 3 nitrogen and oxygen atoms in total. The number of hydrogen-bond donors (Lipinski definition) is 0. The average molecular weight is 360 g/mol. The lowest BCUT2D eigenvalue weighted by Gasteiger charge is -2.20. The van der Waals surface area contributed by atoms with Crippen LogP contribution < -0.4 is 0 Å². The van der Waals surface area contributed by atoms with Crippen LogP contribution in [0.25, 0.3) is 9.88 Å². The molecular weight excluding hydrogens is 343 g/mol. The SMILES string of the molecule is CCN(Cc1cccc(F)c1)C(=O)Cc1csc(-c2cccs2)n1. The van der Waals surface area contributed by atoms with Crippen molar-refractivity contribution in [2.45, 2.75) is 19.9 Å². The van der Waals surface area contributed by atoms with Crippen LogP contribution in [-0.2, 0) is 17.8 Å². The summed E-state index contributed by atoms with van der Waals surface area (Å²) < 4.78 is 13.3. The molecule has 124 valence electrons. The van der Waals surface area contributed by atoms with Gasteiger partial charge in [0.1, 0.15) is 10.8 Å². The number of halogens is 1. The number of benzene rings is 1. The van der Waals surface area contributed by atoms with Crippen LogP contribution in [0.4, 0.5) is 4.39 Å². The normalized spacial score (nSPS) is 10.8. The zero-order valence-electron chi connectivity index (χ0n) is 13.2. The lowest BCUT2D eigenvalue weighted by atomic mass is 10.2. The lowest BCUT2D eigenvalue weighted by molar-refractivity contribution is -0.130. The molecule has 0 spiro atoms. The summed E-state index contributed by atoms with van der Waals surface area (Å²) in [4.78, 5) is 19.9. The van der Waals surface area contributed by atoms with E-state index in [4.69, 9.17) is 0 Å². The molecule has 0 bridgehead atoms. The molecule has 0 aliphatic carbocycles. The van der Waals surface area contributed by atoms with Crippen molar-refractivity contribution in [1.82, 2.24) is 9.88 Å². The third-order valence-corrected chi connectivity index (χ3v) is 5.54. The highest BCUT2D eigenvalue weighted by Crippen LogP contribution is 2.28. The van der Waals surface area contributed by atoms with Crippen molar-refractivity contribution in [1.29, 1.82) is 0 Å². The third-order valence-electron chi connectivity index (χ3n) is 3.61. The molecule has 0 aliphatic rings. The Morgan fingerprint density at radius 1 is 1.25 bits per heavy atom. The van der Waals surface area contributed by atoms with Gasteiger partial charge in [0, 0.05) is 18.5 Å². The molecule has 3 rings (SSSR count). The van der Waals surface area contributed by atoms with Crippen LogP contribution in [0.1, 0.15) is 18.2 Å². The van der Waals surface area contributed by atoms with Crippen molar-refractivity contribution in [3.8, 4) is 9.88 Å². The lowest BCUT2D eigenvalue weighted by Crippen LogP contribution is -2.31. The van der Waals surface area contributed by atoms with E-state index >= 15 is 0 Å². The predicted octanol–water partition coefficient (Wildman–Crippen LogP) is 4.60. The third kappa shape index (κ3) is 4.07. The standard InChI is InChI=1S/C18H17FN2OS2/c1-2-21(11-13-5-3-6-14(19)9-13)17(22)10-15-12-24-18(20-15)16-7-4-8-23-16/h3-9,12H,2,10-11H2,1H3. The number of likely N-dealkylation sites (N-methyl/N-ethyl adjacent to an activating group) is 1. The highest BCUT2D eigenvalue weighted by atomic mass is 32.1. The molecule has 0 N–H and O–H groups in total. The molecular formula is C18H17FN2OS2. The number of rotatable bonds is 6. The van der Waals surface area contributed by atoms with Gasteiger partial charge in [0.15, 0.2) is 0 Å². The van der Waals surface area contributed by atoms with Gasteiger partial charge in [0.2, 0.25) is 5.91 Å². The minimum absolute atomic E-state index is 0.00444. The highest BCUT2D eigenvalue weighted by molar-refractivity contribution is 7.20. The molecule has 2 aromatic heterocycles. The second-order valence-electron chi connectivity index (χ2n) is 5.34. The van der Waals surface area contributed by atoms with Crippen LogP contribution in [0.5, 0.6) is 0 Å². The number of nitrogens with zero attached hydrogens (tertiary/aromatic N) is 2. The summed E-state index contributed by atoms with van der Waals surface area (Å²) in [5.74, 6) is -0.277. The van der Waals surface area contributed by atoms with Gasteiger partial charge < -0.3 is 4.90 Å². The summed E-state index contributed by atoms with van der Waals surface area (Å²) in [6.45, 7) is 2.92. The summed E-state index contributed by atoms with van der Waals surface area (Å²) in [6.07, 6.45) is 0.269. The summed E-state index contributed by atoms with van der Waals surface area (Å²) >= 11 is 3.19. The van der Waals surface area contributed by atoms with Crippen molar-refractivity contribution < 1.29 is 9.18 Å². The Labute approximate surface area is 148 Å². The fourth-order valence-corrected chi connectivity index (χ4v) is 4.03. The monoisotopic (exact) mass is 360 g/mol. The van der Waals surface area contributed by atoms with Gasteiger partial charge in [-0.05, 0) is 36.1 Å². The smallest absolute Gasteiger partial charge is 0.228 e. The van der Waals surface area contributed by atoms with E-state index in [1.54, 1.807) is 33.6 Å². The second kappa shape index (κ2) is 7.68. The van der Waals surface area contributed by atoms with Gasteiger partial charge in [-0.2, -0.15) is 0 Å². The molecule has 1 aromatic carbocycles. The van der Waals surface area contributed by atoms with Crippen LogP contribution >= 0.6 is 22.7 Å². The number of aromatic nitrogens is 1. The van der Waals surface area contributed by atoms with Crippen molar-refractivity contribution in [2.75, 3.05) is 6.54 Å². The Hall–Kier alpha value is -2.05. The molecule has 0 saturated heterocycles. The van der Waals surface area contributed by atoms with Crippen LogP contribution in [-0.4, -0.2) is 22.3 Å². The summed E-state index contributed by atoms with van der Waals surface area (Å²) in [5.41, 5.74) is 1.58. The van der Waals surface area contributed by atoms with Crippen molar-refractivity contribution in [3.05, 3.63) is 64.2 Å². The van der Waals surface area contributed by atoms with Gasteiger partial charge in [-0.3, -0.25) is 4.79 Å². The van der Waals surface area contributed by atoms with Crippen molar-refractivity contribution in [3.63, 3.8) is 0 Å². The largest absolute Gasteiger partial charge is 0.338 e. The summed E-state index contributed by atoms with van der Waals surface area (Å²) in [5, 5.41) is 4.89. The van der Waals surface area contributed by atoms with E-state index in [0.29, 0.717) is 13.1 Å². The molecule has 0 atom stereocenters. The Morgan fingerprint density at radius 2 is 2.12 bits per heavy atom. The number of carbonyl (C=O) groups excluding carboxylic acids is 1. The van der Waals surface area contributed by atoms with Crippen LogP contribution in [0.3, 0.4) is 0 Å². The maximum Gasteiger partial charge on any atom is 0.228 e. The van der Waals surface area contributed by atoms with E-state index in [-0.39, 0.29) is 18.1 Å². The number of hydrogen-bond acceptors (Lipinski definition) is 4. The first kappa shape index (κ1) is 16.8. The van der Waals surface area contributed by atoms with Gasteiger partial charge in [-0.25, -0.2) is 9.37 Å². The van der Waals surface area contributed by atoms with Crippen molar-refractivity contribution >= 4 is 28.6 Å². The first-order valence-corrected chi connectivity index (χ1v) is 9.42. The average Bonchev–Trinajstić information content (AvgIpc) is 3.23. The Balaban J connectivity index is 1.66. The molecule has 0 unspecified atom stereocenters. The number of thiophene rings is 1. The minimum Gasteiger partial charge on any atom is -0.338 e. The van der Waals surface area contributed by atoms with Gasteiger partial charge in [0.25, 0.3) is 0 Å². The fourth-order valence-electron chi connectivity index (χ4n) is 2.40. The van der Waals surface area contributed by atoms with E-state index in [1.807, 2.05) is 35.9 Å². The molecule has 2 heterocycles. The van der Waals surface area contributed by atoms with E-state index in [0.717, 1.165) is 21.1 Å². The fraction of sp³-hybridized carbons (Fsp3) is 0.222. The van der Waals surface area contributed by atoms with Crippen LogP contribution in [0.15, 0.2) is 47.2 Å². The predicted molar refractivity (Wildman–Crippen MR) is 96.6 cm³/mol. The highest BCUT2D eigenvalue weighted by Gasteiger charge is 2.15. The maximum atomic E-state index is 13.3. The second-order valence-corrected chi connectivity index (χ2v) is 7.14. The van der Waals surface area contributed by atoms with Gasteiger partial charge in [0.05, 0.1) is 17.0 Å². The molecule has 1 amide bonds. The Morgan fingerprint density at radius 3 is 2.83 bits per heavy atom. The quantitative estimate of drug-likeness (QED) is 0.643. The molecule has 0 saturated carbocycles. The zero-order chi connectivity index (χ0) is 16.9. The Bertz CT molecular complexity index is 814. The van der Waals surface area contributed by atoms with E-state index in [1.165, 1.54) is 12.1 Å². The molecule has 24 heavy (non-hydrogen) atoms. The maximum absolute atomic E-state index is 13.3. The summed E-state index contributed by atoms with van der Waals surface area (Å²) in [7, 11) is 0. The van der Waals surface area contributed by atoms with Gasteiger partial charge in [-0.1, -0.05) is 18.2 Å². The van der Waals surface area contributed by atoms with E-state index < -0.39 is 0 Å². The molecule has 3 aromatic rings. The zero-order valence-corrected chi connectivity index (χ0v) is 14.9.